The van der Waals surface area contributed by atoms with Gasteiger partial charge in [0.2, 0.25) is 0 Å². The molecule has 2 unspecified atom stereocenters. The van der Waals surface area contributed by atoms with E-state index >= 15 is 0 Å². The van der Waals surface area contributed by atoms with Crippen molar-refractivity contribution in [3.8, 4) is 0 Å². The van der Waals surface area contributed by atoms with Gasteiger partial charge in [0.05, 0.1) is 34.4 Å². The summed E-state index contributed by atoms with van der Waals surface area (Å²) in [7, 11) is 5.48. The molecule has 2 atom stereocenters. The molecule has 0 rings (SSSR count). The first-order valence-corrected chi connectivity index (χ1v) is 16.4. The molecule has 0 aromatic rings. The van der Waals surface area contributed by atoms with Gasteiger partial charge in [0.15, 0.2) is 12.1 Å². The Labute approximate surface area is 256 Å². The second kappa shape index (κ2) is 26.4. The number of likely N-dealkylation sites (N-methyl/N-ethyl adjacent to an activating group) is 1. The third kappa shape index (κ3) is 24.4. The molecule has 0 aliphatic heterocycles. The van der Waals surface area contributed by atoms with E-state index in [0.717, 1.165) is 32.1 Å². The zero-order chi connectivity index (χ0) is 31.5. The van der Waals surface area contributed by atoms with E-state index in [0.29, 0.717) is 19.3 Å². The molecule has 0 saturated carbocycles. The van der Waals surface area contributed by atoms with E-state index in [1.54, 1.807) is 0 Å². The van der Waals surface area contributed by atoms with Crippen LogP contribution < -0.4 is 0 Å². The van der Waals surface area contributed by atoms with Gasteiger partial charge >= 0.3 is 17.9 Å². The maximum Gasteiger partial charge on any atom is 0.362 e. The lowest BCUT2D eigenvalue weighted by molar-refractivity contribution is -0.887. The normalized spacial score (nSPS) is 13.5. The summed E-state index contributed by atoms with van der Waals surface area (Å²) in [5.41, 5.74) is 0. The van der Waals surface area contributed by atoms with E-state index in [2.05, 4.69) is 26.0 Å². The van der Waals surface area contributed by atoms with Gasteiger partial charge in [-0.2, -0.15) is 0 Å². The standard InChI is InChI=1S/C34H61NO7/c1-6-8-10-12-14-15-16-17-19-21-23-25-33(37)42-30(28-40-27-26-31(34(38)39)35(3,4)5)29-41-32(36)24-22-20-18-13-11-9-7-2/h9,11,18,20,30-31H,6-8,10,12-17,19,21-29H2,1-5H3/p+1/b11-9+,20-18+. The Bertz CT molecular complexity index is 757. The largest absolute Gasteiger partial charge is 0.477 e. The Kier molecular flexibility index (Phi) is 25.1. The number of carbonyl (C=O) groups excluding carboxylic acids is 2. The van der Waals surface area contributed by atoms with Crippen LogP contribution in [0.25, 0.3) is 0 Å². The summed E-state index contributed by atoms with van der Waals surface area (Å²) >= 11 is 0. The number of rotatable bonds is 28. The monoisotopic (exact) mass is 596 g/mol. The molecule has 8 heteroatoms. The first kappa shape index (κ1) is 39.8. The van der Waals surface area contributed by atoms with Crippen LogP contribution in [0.2, 0.25) is 0 Å². The summed E-state index contributed by atoms with van der Waals surface area (Å²) in [5, 5.41) is 9.52. The van der Waals surface area contributed by atoms with Gasteiger partial charge in [-0.3, -0.25) is 9.59 Å². The molecule has 0 aromatic heterocycles. The average molecular weight is 597 g/mol. The molecule has 0 radical (unpaired) electrons. The maximum absolute atomic E-state index is 12.5. The van der Waals surface area contributed by atoms with Crippen molar-refractivity contribution in [1.82, 2.24) is 0 Å². The number of esters is 2. The van der Waals surface area contributed by atoms with E-state index in [1.807, 2.05) is 33.3 Å². The average Bonchev–Trinajstić information content (AvgIpc) is 2.92. The second-order valence-electron chi connectivity index (χ2n) is 12.0. The highest BCUT2D eigenvalue weighted by Crippen LogP contribution is 2.13. The molecule has 0 fully saturated rings. The maximum atomic E-state index is 12.5. The minimum atomic E-state index is -0.884. The highest BCUT2D eigenvalue weighted by atomic mass is 16.6. The van der Waals surface area contributed by atoms with Crippen LogP contribution >= 0.6 is 0 Å². The highest BCUT2D eigenvalue weighted by Gasteiger charge is 2.31. The van der Waals surface area contributed by atoms with Crippen LogP contribution in [0.15, 0.2) is 24.3 Å². The number of carbonyl (C=O) groups is 3. The fourth-order valence-corrected chi connectivity index (χ4v) is 4.56. The van der Waals surface area contributed by atoms with Crippen LogP contribution in [0, 0.1) is 0 Å². The molecule has 244 valence electrons. The number of hydrogen-bond donors (Lipinski definition) is 1. The Morgan fingerprint density at radius 2 is 1.33 bits per heavy atom. The van der Waals surface area contributed by atoms with Crippen molar-refractivity contribution in [2.75, 3.05) is 41.0 Å². The number of aliphatic carboxylic acids is 1. The molecule has 0 aromatic carbocycles. The lowest BCUT2D eigenvalue weighted by Crippen LogP contribution is -2.50. The molecule has 1 N–H and O–H groups in total. The van der Waals surface area contributed by atoms with Gasteiger partial charge in [-0.05, 0) is 25.7 Å². The molecule has 8 nitrogen and oxygen atoms in total. The second-order valence-corrected chi connectivity index (χ2v) is 12.0. The SMILES string of the molecule is CC/C=C/C/C=C/CCC(=O)OCC(COCCC(C(=O)O)[N+](C)(C)C)OC(=O)CCCCCCCCCCCCC. The Balaban J connectivity index is 4.53. The zero-order valence-electron chi connectivity index (χ0n) is 27.5. The third-order valence-corrected chi connectivity index (χ3v) is 7.13. The van der Waals surface area contributed by atoms with E-state index < -0.39 is 18.1 Å². The minimum Gasteiger partial charge on any atom is -0.477 e. The number of hydrogen-bond acceptors (Lipinski definition) is 6. The summed E-state index contributed by atoms with van der Waals surface area (Å²) in [4.78, 5) is 36.4. The van der Waals surface area contributed by atoms with Gasteiger partial charge in [-0.1, -0.05) is 102 Å². The molecular formula is C34H62NO7+. The summed E-state index contributed by atoms with van der Waals surface area (Å²) in [6, 6.07) is -0.615. The molecule has 0 heterocycles. The van der Waals surface area contributed by atoms with E-state index in [4.69, 9.17) is 14.2 Å². The molecule has 42 heavy (non-hydrogen) atoms. The number of ether oxygens (including phenoxy) is 3. The van der Waals surface area contributed by atoms with Crippen molar-refractivity contribution in [2.45, 2.75) is 135 Å². The summed E-state index contributed by atoms with van der Waals surface area (Å²) < 4.78 is 17.0. The van der Waals surface area contributed by atoms with Gasteiger partial charge in [-0.25, -0.2) is 4.79 Å². The molecule has 0 aliphatic rings. The van der Waals surface area contributed by atoms with Gasteiger partial charge < -0.3 is 23.8 Å². The van der Waals surface area contributed by atoms with Crippen molar-refractivity contribution < 1.29 is 38.2 Å². The van der Waals surface area contributed by atoms with Crippen molar-refractivity contribution in [2.24, 2.45) is 0 Å². The fourth-order valence-electron chi connectivity index (χ4n) is 4.56. The summed E-state index contributed by atoms with van der Waals surface area (Å²) in [6.45, 7) is 4.49. The number of carboxylic acids is 1. The van der Waals surface area contributed by atoms with Crippen molar-refractivity contribution in [3.63, 3.8) is 0 Å². The van der Waals surface area contributed by atoms with Crippen LogP contribution in [-0.4, -0.2) is 80.6 Å². The highest BCUT2D eigenvalue weighted by molar-refractivity contribution is 5.72. The topological polar surface area (TPSA) is 99.1 Å². The molecular weight excluding hydrogens is 534 g/mol. The zero-order valence-corrected chi connectivity index (χ0v) is 27.5. The number of nitrogens with zero attached hydrogens (tertiary/aromatic N) is 1. The van der Waals surface area contributed by atoms with Crippen LogP contribution in [-0.2, 0) is 28.6 Å². The van der Waals surface area contributed by atoms with Gasteiger partial charge in [0.1, 0.15) is 6.61 Å². The molecule has 0 spiro atoms. The van der Waals surface area contributed by atoms with E-state index in [9.17, 15) is 19.5 Å². The predicted octanol–water partition coefficient (Wildman–Crippen LogP) is 7.40. The van der Waals surface area contributed by atoms with Crippen molar-refractivity contribution >= 4 is 17.9 Å². The molecule has 0 aliphatic carbocycles. The van der Waals surface area contributed by atoms with Crippen LogP contribution in [0.4, 0.5) is 0 Å². The number of quaternary nitrogens is 1. The molecule has 0 bridgehead atoms. The third-order valence-electron chi connectivity index (χ3n) is 7.13. The van der Waals surface area contributed by atoms with E-state index in [1.165, 1.54) is 51.4 Å². The Morgan fingerprint density at radius 1 is 0.738 bits per heavy atom. The van der Waals surface area contributed by atoms with Gasteiger partial charge in [0.25, 0.3) is 0 Å². The quantitative estimate of drug-likeness (QED) is 0.0435. The first-order valence-electron chi connectivity index (χ1n) is 16.4. The molecule has 0 saturated heterocycles. The lowest BCUT2D eigenvalue weighted by Gasteiger charge is -2.31. The van der Waals surface area contributed by atoms with Crippen LogP contribution in [0.3, 0.4) is 0 Å². The minimum absolute atomic E-state index is 0.0461. The Hall–Kier alpha value is -2.19. The molecule has 0 amide bonds. The lowest BCUT2D eigenvalue weighted by atomic mass is 10.1. The van der Waals surface area contributed by atoms with Gasteiger partial charge in [-0.15, -0.1) is 0 Å². The number of carboxylic acid groups (broad SMARTS) is 1. The van der Waals surface area contributed by atoms with Crippen LogP contribution in [0.5, 0.6) is 0 Å². The fraction of sp³-hybridized carbons (Fsp3) is 0.794. The van der Waals surface area contributed by atoms with E-state index in [-0.39, 0.29) is 42.7 Å². The van der Waals surface area contributed by atoms with Crippen molar-refractivity contribution in [3.05, 3.63) is 24.3 Å². The smallest absolute Gasteiger partial charge is 0.362 e. The van der Waals surface area contributed by atoms with Crippen LogP contribution in [0.1, 0.15) is 123 Å². The summed E-state index contributed by atoms with van der Waals surface area (Å²) in [5.74, 6) is -1.56. The Morgan fingerprint density at radius 3 is 1.90 bits per heavy atom. The van der Waals surface area contributed by atoms with Gasteiger partial charge in [0, 0.05) is 19.3 Å². The number of unbranched alkanes of at least 4 members (excludes halogenated alkanes) is 10. The predicted molar refractivity (Wildman–Crippen MR) is 169 cm³/mol. The summed E-state index contributed by atoms with van der Waals surface area (Å²) in [6.07, 6.45) is 24.0. The van der Waals surface area contributed by atoms with Crippen molar-refractivity contribution in [1.29, 1.82) is 0 Å². The number of allylic oxidation sites excluding steroid dienone is 4. The first-order chi connectivity index (χ1) is 20.1.